The van der Waals surface area contributed by atoms with Gasteiger partial charge in [-0.25, -0.2) is 0 Å². The predicted molar refractivity (Wildman–Crippen MR) is 71.1 cm³/mol. The van der Waals surface area contributed by atoms with Crippen molar-refractivity contribution in [2.75, 3.05) is 13.1 Å². The van der Waals surface area contributed by atoms with E-state index in [0.29, 0.717) is 25.8 Å². The van der Waals surface area contributed by atoms with Gasteiger partial charge in [0.2, 0.25) is 5.91 Å². The van der Waals surface area contributed by atoms with Crippen LogP contribution in [0, 0.1) is 11.3 Å². The number of carboxylic acids is 1. The standard InChI is InChI=1S/C13H26N2O3/c1-4-10(8-14)7-11(16)15-9-13(5-2,6-3)12(17)18/h10H,4-9,14H2,1-3H3,(H,15,16)(H,17,18). The van der Waals surface area contributed by atoms with E-state index < -0.39 is 11.4 Å². The molecule has 0 rings (SSSR count). The van der Waals surface area contributed by atoms with Gasteiger partial charge in [0.15, 0.2) is 0 Å². The number of hydrogen-bond donors (Lipinski definition) is 3. The van der Waals surface area contributed by atoms with Gasteiger partial charge in [0.1, 0.15) is 0 Å². The zero-order valence-corrected chi connectivity index (χ0v) is 11.7. The van der Waals surface area contributed by atoms with E-state index in [4.69, 9.17) is 5.73 Å². The topological polar surface area (TPSA) is 92.4 Å². The number of nitrogens with one attached hydrogen (secondary N) is 1. The first kappa shape index (κ1) is 16.9. The fourth-order valence-corrected chi connectivity index (χ4v) is 1.87. The Bertz CT molecular complexity index is 271. The molecule has 0 aromatic heterocycles. The molecule has 0 spiro atoms. The number of carbonyl (C=O) groups is 2. The normalized spacial score (nSPS) is 13.1. The van der Waals surface area contributed by atoms with Crippen LogP contribution in [-0.2, 0) is 9.59 Å². The van der Waals surface area contributed by atoms with Gasteiger partial charge < -0.3 is 16.2 Å². The fraction of sp³-hybridized carbons (Fsp3) is 0.846. The van der Waals surface area contributed by atoms with E-state index in [-0.39, 0.29) is 18.4 Å². The molecule has 0 aromatic rings. The Morgan fingerprint density at radius 3 is 2.17 bits per heavy atom. The molecule has 0 aromatic carbocycles. The predicted octanol–water partition coefficient (Wildman–Crippen LogP) is 1.37. The number of carbonyl (C=O) groups excluding carboxylic acids is 1. The summed E-state index contributed by atoms with van der Waals surface area (Å²) in [6, 6.07) is 0. The number of rotatable bonds is 9. The van der Waals surface area contributed by atoms with Crippen LogP contribution in [0.2, 0.25) is 0 Å². The first-order valence-electron chi connectivity index (χ1n) is 6.65. The molecule has 0 radical (unpaired) electrons. The van der Waals surface area contributed by atoms with Crippen LogP contribution < -0.4 is 11.1 Å². The summed E-state index contributed by atoms with van der Waals surface area (Å²) in [4.78, 5) is 23.0. The molecule has 106 valence electrons. The van der Waals surface area contributed by atoms with E-state index in [9.17, 15) is 14.7 Å². The summed E-state index contributed by atoms with van der Waals surface area (Å²) in [5, 5.41) is 12.0. The van der Waals surface area contributed by atoms with Gasteiger partial charge in [-0.05, 0) is 25.3 Å². The zero-order valence-electron chi connectivity index (χ0n) is 11.7. The van der Waals surface area contributed by atoms with Crippen molar-refractivity contribution in [1.82, 2.24) is 5.32 Å². The smallest absolute Gasteiger partial charge is 0.311 e. The first-order valence-corrected chi connectivity index (χ1v) is 6.65. The van der Waals surface area contributed by atoms with Crippen LogP contribution in [0.1, 0.15) is 46.5 Å². The summed E-state index contributed by atoms with van der Waals surface area (Å²) < 4.78 is 0. The number of nitrogens with two attached hydrogens (primary N) is 1. The molecule has 0 aliphatic heterocycles. The lowest BCUT2D eigenvalue weighted by Gasteiger charge is -2.27. The second-order valence-corrected chi connectivity index (χ2v) is 4.78. The summed E-state index contributed by atoms with van der Waals surface area (Å²) in [6.07, 6.45) is 2.24. The minimum absolute atomic E-state index is 0.111. The van der Waals surface area contributed by atoms with Crippen LogP contribution in [0.5, 0.6) is 0 Å². The summed E-state index contributed by atoms with van der Waals surface area (Å²) in [5.41, 5.74) is 4.69. The van der Waals surface area contributed by atoms with Gasteiger partial charge in [0.25, 0.3) is 0 Å². The third-order valence-corrected chi connectivity index (χ3v) is 3.82. The molecular weight excluding hydrogens is 232 g/mol. The molecule has 5 nitrogen and oxygen atoms in total. The van der Waals surface area contributed by atoms with E-state index in [1.165, 1.54) is 0 Å². The second-order valence-electron chi connectivity index (χ2n) is 4.78. The Morgan fingerprint density at radius 1 is 1.28 bits per heavy atom. The molecule has 0 aliphatic carbocycles. The van der Waals surface area contributed by atoms with Crippen molar-refractivity contribution in [3.8, 4) is 0 Å². The van der Waals surface area contributed by atoms with Crippen molar-refractivity contribution in [2.45, 2.75) is 46.5 Å². The summed E-state index contributed by atoms with van der Waals surface area (Å²) in [5.74, 6) is -0.786. The maximum absolute atomic E-state index is 11.7. The van der Waals surface area contributed by atoms with Gasteiger partial charge >= 0.3 is 5.97 Å². The number of hydrogen-bond acceptors (Lipinski definition) is 3. The molecule has 5 heteroatoms. The highest BCUT2D eigenvalue weighted by atomic mass is 16.4. The van der Waals surface area contributed by atoms with Crippen molar-refractivity contribution >= 4 is 11.9 Å². The Labute approximate surface area is 109 Å². The molecule has 0 saturated heterocycles. The van der Waals surface area contributed by atoms with E-state index in [0.717, 1.165) is 6.42 Å². The average Bonchev–Trinajstić information content (AvgIpc) is 2.37. The largest absolute Gasteiger partial charge is 0.481 e. The minimum atomic E-state index is -0.848. The lowest BCUT2D eigenvalue weighted by molar-refractivity contribution is -0.149. The van der Waals surface area contributed by atoms with E-state index in [1.807, 2.05) is 20.8 Å². The first-order chi connectivity index (χ1) is 8.45. The SMILES string of the molecule is CCC(CN)CC(=O)NCC(CC)(CC)C(=O)O. The lowest BCUT2D eigenvalue weighted by Crippen LogP contribution is -2.43. The number of amides is 1. The van der Waals surface area contributed by atoms with Crippen LogP contribution in [0.3, 0.4) is 0 Å². The van der Waals surface area contributed by atoms with Crippen molar-refractivity contribution in [2.24, 2.45) is 17.1 Å². The highest BCUT2D eigenvalue weighted by Gasteiger charge is 2.35. The van der Waals surface area contributed by atoms with Crippen LogP contribution in [0.4, 0.5) is 0 Å². The van der Waals surface area contributed by atoms with Gasteiger partial charge in [-0.15, -0.1) is 0 Å². The van der Waals surface area contributed by atoms with E-state index in [2.05, 4.69) is 5.32 Å². The molecule has 1 unspecified atom stereocenters. The van der Waals surface area contributed by atoms with E-state index >= 15 is 0 Å². The fourth-order valence-electron chi connectivity index (χ4n) is 1.87. The lowest BCUT2D eigenvalue weighted by atomic mass is 9.82. The molecule has 4 N–H and O–H groups in total. The number of carboxylic acid groups (broad SMARTS) is 1. The maximum atomic E-state index is 11.7. The molecule has 0 fully saturated rings. The highest BCUT2D eigenvalue weighted by Crippen LogP contribution is 2.25. The minimum Gasteiger partial charge on any atom is -0.481 e. The second kappa shape index (κ2) is 8.08. The van der Waals surface area contributed by atoms with Gasteiger partial charge in [-0.3, -0.25) is 9.59 Å². The molecule has 1 amide bonds. The zero-order chi connectivity index (χ0) is 14.2. The van der Waals surface area contributed by atoms with E-state index in [1.54, 1.807) is 0 Å². The quantitative estimate of drug-likeness (QED) is 0.582. The van der Waals surface area contributed by atoms with Crippen molar-refractivity contribution in [3.63, 3.8) is 0 Å². The average molecular weight is 258 g/mol. The van der Waals surface area contributed by atoms with Gasteiger partial charge in [0, 0.05) is 13.0 Å². The molecule has 18 heavy (non-hydrogen) atoms. The Balaban J connectivity index is 4.36. The molecule has 0 aliphatic rings. The monoisotopic (exact) mass is 258 g/mol. The molecule has 1 atom stereocenters. The van der Waals surface area contributed by atoms with Crippen LogP contribution in [-0.4, -0.2) is 30.1 Å². The third-order valence-electron chi connectivity index (χ3n) is 3.82. The van der Waals surface area contributed by atoms with Crippen LogP contribution >= 0.6 is 0 Å². The molecule has 0 saturated carbocycles. The molecule has 0 bridgehead atoms. The van der Waals surface area contributed by atoms with Crippen molar-refractivity contribution < 1.29 is 14.7 Å². The number of aliphatic carboxylic acids is 1. The van der Waals surface area contributed by atoms with Crippen LogP contribution in [0.15, 0.2) is 0 Å². The third kappa shape index (κ3) is 4.64. The Kier molecular flexibility index (Phi) is 7.59. The van der Waals surface area contributed by atoms with Crippen molar-refractivity contribution in [1.29, 1.82) is 0 Å². The van der Waals surface area contributed by atoms with Crippen molar-refractivity contribution in [3.05, 3.63) is 0 Å². The Morgan fingerprint density at radius 2 is 1.83 bits per heavy atom. The summed E-state index contributed by atoms with van der Waals surface area (Å²) >= 11 is 0. The van der Waals surface area contributed by atoms with Crippen LogP contribution in [0.25, 0.3) is 0 Å². The molecular formula is C13H26N2O3. The summed E-state index contributed by atoms with van der Waals surface area (Å²) in [7, 11) is 0. The van der Waals surface area contributed by atoms with Gasteiger partial charge in [0.05, 0.1) is 5.41 Å². The molecule has 0 heterocycles. The summed E-state index contributed by atoms with van der Waals surface area (Å²) in [6.45, 7) is 6.33. The maximum Gasteiger partial charge on any atom is 0.311 e. The van der Waals surface area contributed by atoms with Gasteiger partial charge in [-0.2, -0.15) is 0 Å². The van der Waals surface area contributed by atoms with Gasteiger partial charge in [-0.1, -0.05) is 27.2 Å². The Hall–Kier alpha value is -1.10. The highest BCUT2D eigenvalue weighted by molar-refractivity contribution is 5.79.